The van der Waals surface area contributed by atoms with Crippen LogP contribution in [-0.2, 0) is 11.3 Å². The number of ether oxygens (including phenoxy) is 1. The van der Waals surface area contributed by atoms with Gasteiger partial charge in [-0.05, 0) is 18.6 Å². The van der Waals surface area contributed by atoms with E-state index in [2.05, 4.69) is 10.3 Å². The zero-order chi connectivity index (χ0) is 17.1. The van der Waals surface area contributed by atoms with E-state index in [1.54, 1.807) is 28.9 Å². The fourth-order valence-corrected chi connectivity index (χ4v) is 2.76. The zero-order valence-electron chi connectivity index (χ0n) is 13.3. The SMILES string of the molecule is COC[C@@H](O)c1cnnn1CCCN1C(=O)c2ccccc2C1=O. The third kappa shape index (κ3) is 2.93. The number of aliphatic hydroxyl groups is 1. The zero-order valence-corrected chi connectivity index (χ0v) is 13.3. The number of aryl methyl sites for hydroxylation is 1. The first-order chi connectivity index (χ1) is 11.6. The van der Waals surface area contributed by atoms with Gasteiger partial charge in [0.05, 0.1) is 29.6 Å². The van der Waals surface area contributed by atoms with Gasteiger partial charge in [-0.25, -0.2) is 4.68 Å². The molecule has 0 fully saturated rings. The molecule has 0 spiro atoms. The van der Waals surface area contributed by atoms with E-state index < -0.39 is 6.10 Å². The molecule has 0 radical (unpaired) electrons. The van der Waals surface area contributed by atoms with Crippen LogP contribution in [0.5, 0.6) is 0 Å². The maximum absolute atomic E-state index is 12.3. The van der Waals surface area contributed by atoms with E-state index in [1.807, 2.05) is 0 Å². The fourth-order valence-electron chi connectivity index (χ4n) is 2.76. The molecule has 1 atom stereocenters. The van der Waals surface area contributed by atoms with Crippen LogP contribution in [0.15, 0.2) is 30.5 Å². The Labute approximate surface area is 138 Å². The Hall–Kier alpha value is -2.58. The maximum atomic E-state index is 12.3. The molecule has 2 heterocycles. The molecule has 1 aromatic heterocycles. The van der Waals surface area contributed by atoms with Crippen molar-refractivity contribution < 1.29 is 19.4 Å². The fraction of sp³-hybridized carbons (Fsp3) is 0.375. The molecule has 0 saturated carbocycles. The second-order valence-corrected chi connectivity index (χ2v) is 5.51. The summed E-state index contributed by atoms with van der Waals surface area (Å²) in [5, 5.41) is 17.7. The van der Waals surface area contributed by atoms with Gasteiger partial charge in [-0.15, -0.1) is 5.10 Å². The summed E-state index contributed by atoms with van der Waals surface area (Å²) in [5.41, 5.74) is 1.43. The molecule has 8 heteroatoms. The molecule has 3 rings (SSSR count). The molecular formula is C16H18N4O4. The van der Waals surface area contributed by atoms with E-state index in [1.165, 1.54) is 18.2 Å². The number of carbonyl (C=O) groups excluding carboxylic acids is 2. The summed E-state index contributed by atoms with van der Waals surface area (Å²) in [7, 11) is 1.50. The number of imide groups is 1. The Morgan fingerprint density at radius 3 is 2.46 bits per heavy atom. The molecule has 24 heavy (non-hydrogen) atoms. The molecule has 1 N–H and O–H groups in total. The highest BCUT2D eigenvalue weighted by Crippen LogP contribution is 2.22. The van der Waals surface area contributed by atoms with E-state index in [-0.39, 0.29) is 25.0 Å². The van der Waals surface area contributed by atoms with E-state index in [0.29, 0.717) is 29.8 Å². The largest absolute Gasteiger partial charge is 0.384 e. The predicted octanol–water partition coefficient (Wildman–Crippen LogP) is 0.644. The summed E-state index contributed by atoms with van der Waals surface area (Å²) in [4.78, 5) is 25.8. The van der Waals surface area contributed by atoms with E-state index >= 15 is 0 Å². The number of carbonyl (C=O) groups is 2. The normalized spacial score (nSPS) is 15.0. The third-order valence-electron chi connectivity index (χ3n) is 3.94. The highest BCUT2D eigenvalue weighted by molar-refractivity contribution is 6.21. The second-order valence-electron chi connectivity index (χ2n) is 5.51. The van der Waals surface area contributed by atoms with Crippen molar-refractivity contribution in [2.75, 3.05) is 20.3 Å². The summed E-state index contributed by atoms with van der Waals surface area (Å²) in [6.45, 7) is 0.862. The van der Waals surface area contributed by atoms with Gasteiger partial charge in [0.15, 0.2) is 0 Å². The van der Waals surface area contributed by atoms with Gasteiger partial charge in [0.2, 0.25) is 0 Å². The standard InChI is InChI=1S/C16H18N4O4/c1-24-10-14(21)13-9-17-18-20(13)8-4-7-19-15(22)11-5-2-3-6-12(11)16(19)23/h2-3,5-6,9,14,21H,4,7-8,10H2,1H3/t14-/m1/s1. The van der Waals surface area contributed by atoms with Gasteiger partial charge >= 0.3 is 0 Å². The lowest BCUT2D eigenvalue weighted by atomic mass is 10.1. The number of hydrogen-bond acceptors (Lipinski definition) is 6. The van der Waals surface area contributed by atoms with Crippen molar-refractivity contribution in [3.63, 3.8) is 0 Å². The number of amides is 2. The number of benzene rings is 1. The van der Waals surface area contributed by atoms with E-state index in [9.17, 15) is 14.7 Å². The Morgan fingerprint density at radius 2 is 1.83 bits per heavy atom. The number of aromatic nitrogens is 3. The molecule has 0 unspecified atom stereocenters. The Kier molecular flexibility index (Phi) is 4.68. The Bertz CT molecular complexity index is 723. The molecular weight excluding hydrogens is 312 g/mol. The van der Waals surface area contributed by atoms with Gasteiger partial charge in [-0.3, -0.25) is 14.5 Å². The Balaban J connectivity index is 1.61. The third-order valence-corrected chi connectivity index (χ3v) is 3.94. The number of aliphatic hydroxyl groups excluding tert-OH is 1. The monoisotopic (exact) mass is 330 g/mol. The molecule has 2 aromatic rings. The summed E-state index contributed by atoms with van der Waals surface area (Å²) >= 11 is 0. The van der Waals surface area contributed by atoms with Crippen LogP contribution in [0.3, 0.4) is 0 Å². The summed E-state index contributed by atoms with van der Waals surface area (Å²) < 4.78 is 6.47. The van der Waals surface area contributed by atoms with Crippen molar-refractivity contribution in [1.82, 2.24) is 19.9 Å². The summed E-state index contributed by atoms with van der Waals surface area (Å²) in [6.07, 6.45) is 1.18. The van der Waals surface area contributed by atoms with Crippen LogP contribution in [-0.4, -0.2) is 57.1 Å². The van der Waals surface area contributed by atoms with Gasteiger partial charge in [0, 0.05) is 20.2 Å². The molecule has 1 aliphatic heterocycles. The Morgan fingerprint density at radius 1 is 1.17 bits per heavy atom. The topological polar surface area (TPSA) is 97.6 Å². The summed E-state index contributed by atoms with van der Waals surface area (Å²) in [6, 6.07) is 6.80. The van der Waals surface area contributed by atoms with Crippen LogP contribution in [0.25, 0.3) is 0 Å². The molecule has 0 bridgehead atoms. The van der Waals surface area contributed by atoms with Gasteiger partial charge in [-0.2, -0.15) is 0 Å². The van der Waals surface area contributed by atoms with Crippen LogP contribution in [0.1, 0.15) is 38.9 Å². The van der Waals surface area contributed by atoms with Gasteiger partial charge in [0.1, 0.15) is 6.10 Å². The van der Waals surface area contributed by atoms with Crippen LogP contribution in [0.4, 0.5) is 0 Å². The minimum Gasteiger partial charge on any atom is -0.384 e. The van der Waals surface area contributed by atoms with Crippen molar-refractivity contribution >= 4 is 11.8 Å². The second kappa shape index (κ2) is 6.90. The predicted molar refractivity (Wildman–Crippen MR) is 83.3 cm³/mol. The van der Waals surface area contributed by atoms with Crippen molar-refractivity contribution in [2.24, 2.45) is 0 Å². The van der Waals surface area contributed by atoms with Crippen molar-refractivity contribution in [1.29, 1.82) is 0 Å². The lowest BCUT2D eigenvalue weighted by Gasteiger charge is -2.15. The van der Waals surface area contributed by atoms with Gasteiger partial charge in [-0.1, -0.05) is 17.3 Å². The van der Waals surface area contributed by atoms with Gasteiger partial charge in [0.25, 0.3) is 11.8 Å². The molecule has 0 saturated heterocycles. The highest BCUT2D eigenvalue weighted by Gasteiger charge is 2.34. The van der Waals surface area contributed by atoms with Crippen LogP contribution in [0.2, 0.25) is 0 Å². The van der Waals surface area contributed by atoms with Crippen LogP contribution >= 0.6 is 0 Å². The number of fused-ring (bicyclic) bond motifs is 1. The first kappa shape index (κ1) is 16.3. The van der Waals surface area contributed by atoms with Crippen LogP contribution in [0, 0.1) is 0 Å². The molecule has 126 valence electrons. The molecule has 8 nitrogen and oxygen atoms in total. The van der Waals surface area contributed by atoms with Gasteiger partial charge < -0.3 is 9.84 Å². The van der Waals surface area contributed by atoms with E-state index in [4.69, 9.17) is 4.74 Å². The van der Waals surface area contributed by atoms with Crippen LogP contribution < -0.4 is 0 Å². The first-order valence-electron chi connectivity index (χ1n) is 7.64. The number of nitrogens with zero attached hydrogens (tertiary/aromatic N) is 4. The maximum Gasteiger partial charge on any atom is 0.261 e. The number of methoxy groups -OCH3 is 1. The average Bonchev–Trinajstić information content (AvgIpc) is 3.14. The smallest absolute Gasteiger partial charge is 0.261 e. The molecule has 2 amide bonds. The number of hydrogen-bond donors (Lipinski definition) is 1. The molecule has 1 aromatic carbocycles. The quantitative estimate of drug-likeness (QED) is 0.748. The lowest BCUT2D eigenvalue weighted by molar-refractivity contribution is 0.0577. The minimum atomic E-state index is -0.815. The molecule has 1 aliphatic rings. The lowest BCUT2D eigenvalue weighted by Crippen LogP contribution is -2.31. The number of rotatable bonds is 7. The summed E-state index contributed by atoms with van der Waals surface area (Å²) in [5.74, 6) is -0.539. The van der Waals surface area contributed by atoms with Crippen molar-refractivity contribution in [3.05, 3.63) is 47.3 Å². The average molecular weight is 330 g/mol. The van der Waals surface area contributed by atoms with E-state index in [0.717, 1.165) is 0 Å². The first-order valence-corrected chi connectivity index (χ1v) is 7.64. The minimum absolute atomic E-state index is 0.145. The molecule has 0 aliphatic carbocycles. The van der Waals surface area contributed by atoms with Crippen molar-refractivity contribution in [3.8, 4) is 0 Å². The van der Waals surface area contributed by atoms with Crippen molar-refractivity contribution in [2.45, 2.75) is 19.1 Å². The highest BCUT2D eigenvalue weighted by atomic mass is 16.5.